The fraction of sp³-hybridized carbons (Fsp3) is 0.227. The molecule has 2 heterocycles. The number of anilines is 3. The summed E-state index contributed by atoms with van der Waals surface area (Å²) in [4.78, 5) is 9.46. The van der Waals surface area contributed by atoms with E-state index in [0.717, 1.165) is 34.6 Å². The minimum absolute atomic E-state index is 0.259. The molecule has 148 valence electrons. The van der Waals surface area contributed by atoms with Gasteiger partial charge in [0, 0.05) is 11.7 Å². The van der Waals surface area contributed by atoms with E-state index < -0.39 is 0 Å². The summed E-state index contributed by atoms with van der Waals surface area (Å²) in [6.45, 7) is 4.24. The summed E-state index contributed by atoms with van der Waals surface area (Å²) in [6.07, 6.45) is 2.77. The Morgan fingerprint density at radius 3 is 2.48 bits per heavy atom. The molecule has 0 amide bonds. The molecule has 0 fully saturated rings. The quantitative estimate of drug-likeness (QED) is 0.475. The molecule has 2 aromatic carbocycles. The maximum Gasteiger partial charge on any atom is 0.226 e. The summed E-state index contributed by atoms with van der Waals surface area (Å²) in [5, 5.41) is 12.2. The molecular formula is C22H24N6O. The topological polar surface area (TPSA) is 76.9 Å². The summed E-state index contributed by atoms with van der Waals surface area (Å²) in [5.41, 5.74) is 2.60. The van der Waals surface area contributed by atoms with E-state index in [1.807, 2.05) is 59.3 Å². The zero-order valence-electron chi connectivity index (χ0n) is 16.8. The number of ether oxygens (including phenoxy) is 1. The fourth-order valence-electron chi connectivity index (χ4n) is 2.96. The molecule has 0 aliphatic rings. The van der Waals surface area contributed by atoms with Gasteiger partial charge in [0.25, 0.3) is 0 Å². The van der Waals surface area contributed by atoms with Crippen molar-refractivity contribution in [3.8, 4) is 11.4 Å². The molecule has 0 aliphatic carbocycles. The van der Waals surface area contributed by atoms with Gasteiger partial charge in [0.1, 0.15) is 11.6 Å². The lowest BCUT2D eigenvalue weighted by Crippen LogP contribution is -2.16. The van der Waals surface area contributed by atoms with Crippen LogP contribution in [0.3, 0.4) is 0 Å². The van der Waals surface area contributed by atoms with Crippen molar-refractivity contribution < 1.29 is 4.74 Å². The largest absolute Gasteiger partial charge is 0.497 e. The van der Waals surface area contributed by atoms with Crippen LogP contribution in [-0.4, -0.2) is 32.9 Å². The Bertz CT molecular complexity index is 1090. The molecule has 1 atom stereocenters. The van der Waals surface area contributed by atoms with E-state index in [2.05, 4.69) is 29.6 Å². The first-order valence-corrected chi connectivity index (χ1v) is 9.66. The second-order valence-corrected chi connectivity index (χ2v) is 6.83. The second-order valence-electron chi connectivity index (χ2n) is 6.83. The van der Waals surface area contributed by atoms with E-state index in [1.54, 1.807) is 13.3 Å². The van der Waals surface area contributed by atoms with Gasteiger partial charge in [0.15, 0.2) is 5.65 Å². The summed E-state index contributed by atoms with van der Waals surface area (Å²) in [5.74, 6) is 2.08. The molecule has 2 aromatic heterocycles. The molecule has 7 nitrogen and oxygen atoms in total. The van der Waals surface area contributed by atoms with Crippen LogP contribution in [0.15, 0.2) is 60.8 Å². The number of rotatable bonds is 7. The van der Waals surface area contributed by atoms with Gasteiger partial charge in [-0.25, -0.2) is 4.68 Å². The summed E-state index contributed by atoms with van der Waals surface area (Å²) in [7, 11) is 1.65. The van der Waals surface area contributed by atoms with Gasteiger partial charge in [-0.05, 0) is 49.7 Å². The van der Waals surface area contributed by atoms with Gasteiger partial charge >= 0.3 is 0 Å². The van der Waals surface area contributed by atoms with Crippen molar-refractivity contribution in [2.75, 3.05) is 17.7 Å². The number of hydrogen-bond donors (Lipinski definition) is 2. The summed E-state index contributed by atoms with van der Waals surface area (Å²) < 4.78 is 7.07. The molecule has 0 saturated carbocycles. The van der Waals surface area contributed by atoms with Crippen LogP contribution in [0.1, 0.15) is 20.3 Å². The lowest BCUT2D eigenvalue weighted by atomic mass is 10.2. The highest BCUT2D eigenvalue weighted by molar-refractivity contribution is 5.90. The smallest absolute Gasteiger partial charge is 0.226 e. The molecule has 4 rings (SSSR count). The standard InChI is InChI=1S/C22H24N6O/c1-4-15(2)24-22-26-20(25-16-10-12-18(29-3)13-11-16)19-14-23-28(21(19)27-22)17-8-6-5-7-9-17/h5-15H,4H2,1-3H3,(H2,24,25,26,27). The van der Waals surface area contributed by atoms with Crippen molar-refractivity contribution in [2.45, 2.75) is 26.3 Å². The van der Waals surface area contributed by atoms with E-state index in [0.29, 0.717) is 11.8 Å². The first-order valence-electron chi connectivity index (χ1n) is 9.66. The molecule has 4 aromatic rings. The Morgan fingerprint density at radius 1 is 1.03 bits per heavy atom. The van der Waals surface area contributed by atoms with Crippen molar-refractivity contribution in [1.82, 2.24) is 19.7 Å². The lowest BCUT2D eigenvalue weighted by Gasteiger charge is -2.14. The molecule has 2 N–H and O–H groups in total. The highest BCUT2D eigenvalue weighted by Gasteiger charge is 2.15. The van der Waals surface area contributed by atoms with Crippen LogP contribution in [0.25, 0.3) is 16.7 Å². The van der Waals surface area contributed by atoms with Gasteiger partial charge in [-0.1, -0.05) is 25.1 Å². The fourth-order valence-corrected chi connectivity index (χ4v) is 2.96. The molecular weight excluding hydrogens is 364 g/mol. The number of hydrogen-bond acceptors (Lipinski definition) is 6. The monoisotopic (exact) mass is 388 g/mol. The average molecular weight is 388 g/mol. The third kappa shape index (κ3) is 3.99. The number of benzene rings is 2. The van der Waals surface area contributed by atoms with E-state index in [1.165, 1.54) is 0 Å². The van der Waals surface area contributed by atoms with Gasteiger partial charge in [-0.2, -0.15) is 15.1 Å². The van der Waals surface area contributed by atoms with Gasteiger partial charge in [-0.15, -0.1) is 0 Å². The first kappa shape index (κ1) is 18.7. The van der Waals surface area contributed by atoms with Gasteiger partial charge in [-0.3, -0.25) is 0 Å². The highest BCUT2D eigenvalue weighted by Crippen LogP contribution is 2.28. The van der Waals surface area contributed by atoms with Gasteiger partial charge in [0.05, 0.1) is 24.4 Å². The SMILES string of the molecule is CCC(C)Nc1nc(Nc2ccc(OC)cc2)c2cnn(-c3ccccc3)c2n1. The maximum atomic E-state index is 5.24. The second kappa shape index (κ2) is 8.18. The Labute approximate surface area is 169 Å². The van der Waals surface area contributed by atoms with Crippen LogP contribution < -0.4 is 15.4 Å². The lowest BCUT2D eigenvalue weighted by molar-refractivity contribution is 0.415. The van der Waals surface area contributed by atoms with Crippen LogP contribution in [0.2, 0.25) is 0 Å². The predicted molar refractivity (Wildman–Crippen MR) is 116 cm³/mol. The Kier molecular flexibility index (Phi) is 5.29. The van der Waals surface area contributed by atoms with E-state index in [-0.39, 0.29) is 6.04 Å². The van der Waals surface area contributed by atoms with Crippen LogP contribution in [0, 0.1) is 0 Å². The minimum atomic E-state index is 0.259. The number of aromatic nitrogens is 4. The molecule has 0 radical (unpaired) electrons. The number of para-hydroxylation sites is 1. The zero-order chi connectivity index (χ0) is 20.2. The number of methoxy groups -OCH3 is 1. The van der Waals surface area contributed by atoms with E-state index >= 15 is 0 Å². The molecule has 0 spiro atoms. The number of nitrogens with zero attached hydrogens (tertiary/aromatic N) is 4. The zero-order valence-corrected chi connectivity index (χ0v) is 16.8. The molecule has 0 aliphatic heterocycles. The van der Waals surface area contributed by atoms with Crippen LogP contribution in [-0.2, 0) is 0 Å². The average Bonchev–Trinajstić information content (AvgIpc) is 3.19. The normalized spacial score (nSPS) is 12.0. The van der Waals surface area contributed by atoms with Crippen molar-refractivity contribution in [1.29, 1.82) is 0 Å². The van der Waals surface area contributed by atoms with Crippen molar-refractivity contribution in [2.24, 2.45) is 0 Å². The molecule has 1 unspecified atom stereocenters. The summed E-state index contributed by atoms with van der Waals surface area (Å²) >= 11 is 0. The van der Waals surface area contributed by atoms with Crippen LogP contribution >= 0.6 is 0 Å². The van der Waals surface area contributed by atoms with Crippen LogP contribution in [0.5, 0.6) is 5.75 Å². The third-order valence-electron chi connectivity index (χ3n) is 4.77. The predicted octanol–water partition coefficient (Wildman–Crippen LogP) is 4.78. The minimum Gasteiger partial charge on any atom is -0.497 e. The number of fused-ring (bicyclic) bond motifs is 1. The molecule has 0 bridgehead atoms. The van der Waals surface area contributed by atoms with Crippen molar-refractivity contribution in [3.05, 3.63) is 60.8 Å². The Hall–Kier alpha value is -3.61. The van der Waals surface area contributed by atoms with Crippen molar-refractivity contribution in [3.63, 3.8) is 0 Å². The van der Waals surface area contributed by atoms with E-state index in [9.17, 15) is 0 Å². The molecule has 0 saturated heterocycles. The van der Waals surface area contributed by atoms with Gasteiger partial charge in [0.2, 0.25) is 5.95 Å². The van der Waals surface area contributed by atoms with Crippen molar-refractivity contribution >= 4 is 28.5 Å². The highest BCUT2D eigenvalue weighted by atomic mass is 16.5. The summed E-state index contributed by atoms with van der Waals surface area (Å²) in [6, 6.07) is 18.0. The van der Waals surface area contributed by atoms with Gasteiger partial charge < -0.3 is 15.4 Å². The molecule has 29 heavy (non-hydrogen) atoms. The number of nitrogens with one attached hydrogen (secondary N) is 2. The Morgan fingerprint density at radius 2 is 1.79 bits per heavy atom. The van der Waals surface area contributed by atoms with E-state index in [4.69, 9.17) is 14.7 Å². The third-order valence-corrected chi connectivity index (χ3v) is 4.77. The molecule has 7 heteroatoms. The first-order chi connectivity index (χ1) is 14.2. The maximum absolute atomic E-state index is 5.24. The van der Waals surface area contributed by atoms with Crippen LogP contribution in [0.4, 0.5) is 17.5 Å². The Balaban J connectivity index is 1.79.